The van der Waals surface area contributed by atoms with E-state index < -0.39 is 5.89 Å². The molecule has 5 rings (SSSR count). The van der Waals surface area contributed by atoms with Gasteiger partial charge in [0, 0.05) is 33.3 Å². The molecule has 2 heterocycles. The largest absolute Gasteiger partial charge is 0.256 e. The van der Waals surface area contributed by atoms with Gasteiger partial charge in [-0.25, -0.2) is 4.39 Å². The van der Waals surface area contributed by atoms with Crippen LogP contribution in [0.1, 0.15) is 26.7 Å². The van der Waals surface area contributed by atoms with Crippen molar-refractivity contribution in [2.24, 2.45) is 0 Å². The first kappa shape index (κ1) is 15.3. The number of hydrogen-bond donors (Lipinski definition) is 0. The van der Waals surface area contributed by atoms with E-state index in [4.69, 9.17) is 1.37 Å². The van der Waals surface area contributed by atoms with Crippen molar-refractivity contribution in [3.63, 3.8) is 0 Å². The summed E-state index contributed by atoms with van der Waals surface area (Å²) in [5, 5.41) is 4.34. The molecule has 0 fully saturated rings. The van der Waals surface area contributed by atoms with E-state index in [9.17, 15) is 4.39 Å². The van der Waals surface area contributed by atoms with Crippen molar-refractivity contribution < 1.29 is 5.76 Å². The molecule has 0 saturated carbocycles. The van der Waals surface area contributed by atoms with Crippen molar-refractivity contribution in [2.45, 2.75) is 19.7 Å². The average molecular weight is 372 g/mol. The summed E-state index contributed by atoms with van der Waals surface area (Å²) in [7, 11) is 0. The fraction of sp³-hybridized carbons (Fsp3) is 0.125. The first-order chi connectivity index (χ1) is 13.4. The molecule has 3 heteroatoms. The highest BCUT2D eigenvalue weighted by molar-refractivity contribution is 7.27. The minimum Gasteiger partial charge on any atom is -0.256 e. The third-order valence-electron chi connectivity index (χ3n) is 5.05. The van der Waals surface area contributed by atoms with E-state index in [0.29, 0.717) is 0 Å². The summed E-state index contributed by atoms with van der Waals surface area (Å²) in [5.74, 6) is -0.890. The number of aromatic nitrogens is 1. The highest BCUT2D eigenvalue weighted by Gasteiger charge is 2.14. The Kier molecular flexibility index (Phi) is 3.48. The Morgan fingerprint density at radius 1 is 0.926 bits per heavy atom. The first-order valence-corrected chi connectivity index (χ1v) is 9.74. The lowest BCUT2D eigenvalue weighted by Gasteiger charge is -2.08. The Balaban J connectivity index is 1.82. The summed E-state index contributed by atoms with van der Waals surface area (Å²) < 4.78 is 24.3. The number of halogens is 1. The van der Waals surface area contributed by atoms with Crippen molar-refractivity contribution >= 4 is 42.3 Å². The van der Waals surface area contributed by atoms with E-state index in [1.54, 1.807) is 23.6 Å². The van der Waals surface area contributed by atoms with E-state index in [2.05, 4.69) is 29.2 Å². The molecule has 0 spiro atoms. The molecule has 0 amide bonds. The van der Waals surface area contributed by atoms with E-state index in [0.717, 1.165) is 32.3 Å². The van der Waals surface area contributed by atoms with Gasteiger partial charge in [-0.3, -0.25) is 4.98 Å². The predicted octanol–water partition coefficient (Wildman–Crippen LogP) is 7.53. The number of hydrogen-bond acceptors (Lipinski definition) is 2. The van der Waals surface area contributed by atoms with Crippen LogP contribution in [0.4, 0.5) is 4.39 Å². The van der Waals surface area contributed by atoms with Gasteiger partial charge in [0.15, 0.2) is 0 Å². The molecule has 0 N–H and O–H groups in total. The second-order valence-corrected chi connectivity index (χ2v) is 8.04. The smallest absolute Gasteiger partial charge is 0.123 e. The van der Waals surface area contributed by atoms with Gasteiger partial charge < -0.3 is 0 Å². The summed E-state index contributed by atoms with van der Waals surface area (Å²) >= 11 is 1.72. The standard InChI is InChI=1S/C24H18FNS/c1-14(2)15-10-11-26-22(13-15)21-5-3-4-19-20-8-6-16-12-17(25)7-9-18(16)23(20)27-24(19)21/h3-14H,1-2H3/i14D. The van der Waals surface area contributed by atoms with Crippen LogP contribution >= 0.6 is 11.3 Å². The number of pyridine rings is 1. The fourth-order valence-electron chi connectivity index (χ4n) is 3.65. The molecule has 0 bridgehead atoms. The maximum Gasteiger partial charge on any atom is 0.123 e. The Morgan fingerprint density at radius 2 is 1.74 bits per heavy atom. The van der Waals surface area contributed by atoms with Gasteiger partial charge in [-0.15, -0.1) is 11.3 Å². The molecule has 0 saturated heterocycles. The molecular weight excluding hydrogens is 353 g/mol. The molecule has 27 heavy (non-hydrogen) atoms. The lowest BCUT2D eigenvalue weighted by Crippen LogP contribution is -1.90. The van der Waals surface area contributed by atoms with Crippen LogP contribution in [0.25, 0.3) is 42.2 Å². The fourth-order valence-corrected chi connectivity index (χ4v) is 5.00. The molecule has 0 radical (unpaired) electrons. The molecule has 0 aliphatic rings. The zero-order valence-corrected chi connectivity index (χ0v) is 15.9. The lowest BCUT2D eigenvalue weighted by atomic mass is 10.0. The highest BCUT2D eigenvalue weighted by atomic mass is 32.1. The van der Waals surface area contributed by atoms with E-state index in [-0.39, 0.29) is 5.82 Å². The number of benzene rings is 3. The van der Waals surface area contributed by atoms with Crippen LogP contribution in [0.5, 0.6) is 0 Å². The molecule has 0 unspecified atom stereocenters. The topological polar surface area (TPSA) is 12.9 Å². The van der Waals surface area contributed by atoms with Gasteiger partial charge in [0.25, 0.3) is 0 Å². The van der Waals surface area contributed by atoms with Crippen LogP contribution in [0, 0.1) is 5.82 Å². The van der Waals surface area contributed by atoms with Crippen LogP contribution in [-0.4, -0.2) is 4.98 Å². The monoisotopic (exact) mass is 372 g/mol. The normalized spacial score (nSPS) is 12.8. The Morgan fingerprint density at radius 3 is 2.59 bits per heavy atom. The van der Waals surface area contributed by atoms with Crippen LogP contribution in [0.2, 0.25) is 0 Å². The summed E-state index contributed by atoms with van der Waals surface area (Å²) in [6, 6.07) is 19.2. The van der Waals surface area contributed by atoms with Gasteiger partial charge in [-0.2, -0.15) is 0 Å². The minimum absolute atomic E-state index is 0.215. The van der Waals surface area contributed by atoms with E-state index in [1.807, 2.05) is 38.1 Å². The van der Waals surface area contributed by atoms with Crippen molar-refractivity contribution in [3.8, 4) is 11.3 Å². The van der Waals surface area contributed by atoms with Crippen molar-refractivity contribution in [1.82, 2.24) is 4.98 Å². The molecule has 0 aliphatic carbocycles. The molecule has 0 aliphatic heterocycles. The van der Waals surface area contributed by atoms with Crippen molar-refractivity contribution in [2.75, 3.05) is 0 Å². The summed E-state index contributed by atoms with van der Waals surface area (Å²) in [4.78, 5) is 4.59. The predicted molar refractivity (Wildman–Crippen MR) is 114 cm³/mol. The SMILES string of the molecule is [2H]C(C)(C)c1ccnc(-c2cccc3c2sc2c4ccc(F)cc4ccc32)c1. The molecule has 0 atom stereocenters. The van der Waals surface area contributed by atoms with Gasteiger partial charge >= 0.3 is 0 Å². The molecule has 3 aromatic carbocycles. The van der Waals surface area contributed by atoms with Crippen molar-refractivity contribution in [1.29, 1.82) is 0 Å². The quantitative estimate of drug-likeness (QED) is 0.312. The minimum atomic E-state index is -0.675. The zero-order valence-electron chi connectivity index (χ0n) is 16.1. The Bertz CT molecular complexity index is 1360. The van der Waals surface area contributed by atoms with E-state index >= 15 is 0 Å². The molecule has 132 valence electrons. The maximum absolute atomic E-state index is 13.6. The zero-order chi connectivity index (χ0) is 19.5. The highest BCUT2D eigenvalue weighted by Crippen LogP contribution is 2.42. The summed E-state index contributed by atoms with van der Waals surface area (Å²) in [6.07, 6.45) is 1.78. The molecule has 5 aromatic rings. The van der Waals surface area contributed by atoms with E-state index in [1.165, 1.54) is 21.5 Å². The maximum atomic E-state index is 13.6. The van der Waals surface area contributed by atoms with Crippen LogP contribution < -0.4 is 0 Å². The Hall–Kier alpha value is -2.78. The molecule has 2 aromatic heterocycles. The number of rotatable bonds is 2. The van der Waals surface area contributed by atoms with Crippen molar-refractivity contribution in [3.05, 3.63) is 78.2 Å². The second-order valence-electron chi connectivity index (χ2n) is 7.02. The summed E-state index contributed by atoms with van der Waals surface area (Å²) in [5.41, 5.74) is 2.89. The van der Waals surface area contributed by atoms with Gasteiger partial charge in [0.05, 0.1) is 5.69 Å². The van der Waals surface area contributed by atoms with Crippen LogP contribution in [-0.2, 0) is 0 Å². The van der Waals surface area contributed by atoms with Gasteiger partial charge in [0.2, 0.25) is 0 Å². The van der Waals surface area contributed by atoms with Gasteiger partial charge in [-0.1, -0.05) is 50.2 Å². The average Bonchev–Trinajstić information content (AvgIpc) is 3.06. The Labute approximate surface area is 162 Å². The van der Waals surface area contributed by atoms with Crippen LogP contribution in [0.15, 0.2) is 66.9 Å². The van der Waals surface area contributed by atoms with Gasteiger partial charge in [-0.05, 0) is 46.5 Å². The molecule has 1 nitrogen and oxygen atoms in total. The first-order valence-electron chi connectivity index (χ1n) is 9.42. The third kappa shape index (κ3) is 2.62. The number of thiophene rings is 1. The second kappa shape index (κ2) is 6.14. The summed E-state index contributed by atoms with van der Waals surface area (Å²) in [6.45, 7) is 3.77. The number of nitrogens with zero attached hydrogens (tertiary/aromatic N) is 1. The lowest BCUT2D eigenvalue weighted by molar-refractivity contribution is 0.630. The third-order valence-corrected chi connectivity index (χ3v) is 6.34. The van der Waals surface area contributed by atoms with Gasteiger partial charge in [0.1, 0.15) is 5.82 Å². The molecular formula is C24H18FNS. The number of fused-ring (bicyclic) bond motifs is 5. The van der Waals surface area contributed by atoms with Crippen LogP contribution in [0.3, 0.4) is 0 Å².